The summed E-state index contributed by atoms with van der Waals surface area (Å²) in [6.45, 7) is 4.72. The predicted octanol–water partition coefficient (Wildman–Crippen LogP) is 4.26. The molecule has 90 valence electrons. The van der Waals surface area contributed by atoms with Crippen molar-refractivity contribution in [1.82, 2.24) is 4.98 Å². The normalized spacial score (nSPS) is 10.5. The molecule has 0 amide bonds. The van der Waals surface area contributed by atoms with E-state index < -0.39 is 0 Å². The van der Waals surface area contributed by atoms with Gasteiger partial charge in [0.25, 0.3) is 0 Å². The van der Waals surface area contributed by atoms with E-state index in [1.807, 2.05) is 31.4 Å². The van der Waals surface area contributed by atoms with Crippen LogP contribution in [0, 0.1) is 6.92 Å². The Morgan fingerprint density at radius 1 is 1.41 bits per heavy atom. The van der Waals surface area contributed by atoms with Gasteiger partial charge in [0.2, 0.25) is 0 Å². The topological polar surface area (TPSA) is 22.1 Å². The maximum absolute atomic E-state index is 5.75. The van der Waals surface area contributed by atoms with E-state index in [2.05, 4.69) is 11.1 Å². The zero-order valence-corrected chi connectivity index (χ0v) is 11.4. The molecular formula is C13H14ClNOS. The quantitative estimate of drug-likeness (QED) is 0.773. The third-order valence-corrected chi connectivity index (χ3v) is 3.62. The highest BCUT2D eigenvalue weighted by molar-refractivity contribution is 7.13. The summed E-state index contributed by atoms with van der Waals surface area (Å²) >= 11 is 7.37. The van der Waals surface area contributed by atoms with Crippen molar-refractivity contribution in [2.24, 2.45) is 0 Å². The lowest BCUT2D eigenvalue weighted by Crippen LogP contribution is -1.93. The van der Waals surface area contributed by atoms with Gasteiger partial charge in [0, 0.05) is 10.9 Å². The van der Waals surface area contributed by atoms with Gasteiger partial charge in [-0.05, 0) is 37.6 Å². The van der Waals surface area contributed by atoms with Gasteiger partial charge in [-0.3, -0.25) is 0 Å². The lowest BCUT2D eigenvalue weighted by Gasteiger charge is -2.07. The summed E-state index contributed by atoms with van der Waals surface area (Å²) < 4.78 is 5.52. The lowest BCUT2D eigenvalue weighted by atomic mass is 10.1. The second kappa shape index (κ2) is 5.52. The second-order valence-corrected chi connectivity index (χ2v) is 4.82. The van der Waals surface area contributed by atoms with Crippen molar-refractivity contribution in [2.45, 2.75) is 19.7 Å². The van der Waals surface area contributed by atoms with E-state index >= 15 is 0 Å². The molecule has 0 fully saturated rings. The molecule has 2 aromatic rings. The van der Waals surface area contributed by atoms with Crippen molar-refractivity contribution in [3.63, 3.8) is 0 Å². The van der Waals surface area contributed by atoms with Gasteiger partial charge in [0.1, 0.15) is 10.8 Å². The van der Waals surface area contributed by atoms with Gasteiger partial charge in [-0.2, -0.15) is 0 Å². The van der Waals surface area contributed by atoms with Crippen molar-refractivity contribution >= 4 is 22.9 Å². The maximum atomic E-state index is 5.75. The molecule has 1 heterocycles. The molecule has 0 bridgehead atoms. The smallest absolute Gasteiger partial charge is 0.123 e. The van der Waals surface area contributed by atoms with Crippen LogP contribution < -0.4 is 4.74 Å². The van der Waals surface area contributed by atoms with Crippen molar-refractivity contribution in [3.8, 4) is 16.3 Å². The van der Waals surface area contributed by atoms with Crippen molar-refractivity contribution in [2.75, 3.05) is 6.61 Å². The first-order valence-electron chi connectivity index (χ1n) is 5.48. The molecule has 1 aromatic heterocycles. The molecule has 0 unspecified atom stereocenters. The number of alkyl halides is 1. The number of hydrogen-bond acceptors (Lipinski definition) is 3. The first-order valence-corrected chi connectivity index (χ1v) is 6.90. The maximum Gasteiger partial charge on any atom is 0.123 e. The summed E-state index contributed by atoms with van der Waals surface area (Å²) in [5, 5.41) is 3.00. The summed E-state index contributed by atoms with van der Waals surface area (Å²) in [7, 11) is 0. The number of benzene rings is 1. The zero-order chi connectivity index (χ0) is 12.3. The number of thiazole rings is 1. The minimum Gasteiger partial charge on any atom is -0.494 e. The summed E-state index contributed by atoms with van der Waals surface area (Å²) in [6.07, 6.45) is 0. The molecule has 2 nitrogen and oxygen atoms in total. The fourth-order valence-electron chi connectivity index (χ4n) is 1.60. The molecule has 17 heavy (non-hydrogen) atoms. The van der Waals surface area contributed by atoms with Gasteiger partial charge in [0.05, 0.1) is 18.2 Å². The monoisotopic (exact) mass is 267 g/mol. The van der Waals surface area contributed by atoms with E-state index in [1.54, 1.807) is 11.3 Å². The predicted molar refractivity (Wildman–Crippen MR) is 73.0 cm³/mol. The molecule has 0 saturated carbocycles. The first kappa shape index (κ1) is 12.4. The Kier molecular flexibility index (Phi) is 4.02. The second-order valence-electron chi connectivity index (χ2n) is 3.69. The van der Waals surface area contributed by atoms with Crippen molar-refractivity contribution in [3.05, 3.63) is 34.8 Å². The number of aryl methyl sites for hydroxylation is 1. The molecule has 0 radical (unpaired) electrons. The van der Waals surface area contributed by atoms with Crippen LogP contribution in [0.15, 0.2) is 23.6 Å². The number of hydrogen-bond donors (Lipinski definition) is 0. The van der Waals surface area contributed by atoms with E-state index in [-0.39, 0.29) is 0 Å². The van der Waals surface area contributed by atoms with Crippen molar-refractivity contribution in [1.29, 1.82) is 0 Å². The van der Waals surface area contributed by atoms with Gasteiger partial charge in [-0.1, -0.05) is 0 Å². The highest BCUT2D eigenvalue weighted by Crippen LogP contribution is 2.28. The molecule has 1 aromatic carbocycles. The third-order valence-electron chi connectivity index (χ3n) is 2.41. The largest absolute Gasteiger partial charge is 0.494 e. The Hall–Kier alpha value is -1.06. The lowest BCUT2D eigenvalue weighted by molar-refractivity contribution is 0.338. The van der Waals surface area contributed by atoms with Gasteiger partial charge in [-0.25, -0.2) is 4.98 Å². The molecule has 0 atom stereocenters. The first-order chi connectivity index (χ1) is 8.24. The molecule has 0 spiro atoms. The van der Waals surface area contributed by atoms with E-state index in [4.69, 9.17) is 16.3 Å². The van der Waals surface area contributed by atoms with Crippen LogP contribution in [0.3, 0.4) is 0 Å². The Morgan fingerprint density at radius 3 is 2.82 bits per heavy atom. The zero-order valence-electron chi connectivity index (χ0n) is 9.87. The van der Waals surface area contributed by atoms with Crippen LogP contribution in [0.1, 0.15) is 18.2 Å². The van der Waals surface area contributed by atoms with Crippen LogP contribution >= 0.6 is 22.9 Å². The summed E-state index contributed by atoms with van der Waals surface area (Å²) in [5.74, 6) is 1.40. The Bertz CT molecular complexity index is 510. The van der Waals surface area contributed by atoms with Crippen LogP contribution in [-0.2, 0) is 5.88 Å². The number of nitrogens with zero attached hydrogens (tertiary/aromatic N) is 1. The molecule has 0 aliphatic rings. The minimum absolute atomic E-state index is 0.465. The van der Waals surface area contributed by atoms with Crippen LogP contribution in [0.2, 0.25) is 0 Å². The minimum atomic E-state index is 0.465. The Balaban J connectivity index is 2.30. The molecular weight excluding hydrogens is 254 g/mol. The highest BCUT2D eigenvalue weighted by Gasteiger charge is 2.06. The number of ether oxygens (including phenoxy) is 1. The molecule has 2 rings (SSSR count). The van der Waals surface area contributed by atoms with E-state index in [0.717, 1.165) is 27.6 Å². The van der Waals surface area contributed by atoms with Gasteiger partial charge in [0.15, 0.2) is 0 Å². The van der Waals surface area contributed by atoms with E-state index in [9.17, 15) is 0 Å². The summed E-state index contributed by atoms with van der Waals surface area (Å²) in [6, 6.07) is 6.13. The third kappa shape index (κ3) is 2.79. The molecule has 4 heteroatoms. The van der Waals surface area contributed by atoms with Gasteiger partial charge < -0.3 is 4.74 Å². The van der Waals surface area contributed by atoms with E-state index in [0.29, 0.717) is 12.5 Å². The van der Waals surface area contributed by atoms with Crippen LogP contribution in [-0.4, -0.2) is 11.6 Å². The number of halogens is 1. The molecule has 0 saturated heterocycles. The Labute approximate surface area is 110 Å². The standard InChI is InChI=1S/C13H14ClNOS/c1-3-16-12-5-4-10(6-9(12)2)13-15-11(7-14)8-17-13/h4-6,8H,3,7H2,1-2H3. The number of rotatable bonds is 4. The van der Waals surface area contributed by atoms with Crippen LogP contribution in [0.4, 0.5) is 0 Å². The average molecular weight is 268 g/mol. The van der Waals surface area contributed by atoms with Gasteiger partial charge >= 0.3 is 0 Å². The van der Waals surface area contributed by atoms with Gasteiger partial charge in [-0.15, -0.1) is 22.9 Å². The molecule has 0 aliphatic heterocycles. The SMILES string of the molecule is CCOc1ccc(-c2nc(CCl)cs2)cc1C. The van der Waals surface area contributed by atoms with Crippen LogP contribution in [0.25, 0.3) is 10.6 Å². The number of aromatic nitrogens is 1. The Morgan fingerprint density at radius 2 is 2.24 bits per heavy atom. The fraction of sp³-hybridized carbons (Fsp3) is 0.308. The summed E-state index contributed by atoms with van der Waals surface area (Å²) in [5.41, 5.74) is 3.18. The average Bonchev–Trinajstić information content (AvgIpc) is 2.80. The molecule has 0 aliphatic carbocycles. The summed E-state index contributed by atoms with van der Waals surface area (Å²) in [4.78, 5) is 4.46. The van der Waals surface area contributed by atoms with E-state index in [1.165, 1.54) is 0 Å². The fourth-order valence-corrected chi connectivity index (χ4v) is 2.65. The highest BCUT2D eigenvalue weighted by atomic mass is 35.5. The van der Waals surface area contributed by atoms with Crippen molar-refractivity contribution < 1.29 is 4.74 Å². The molecule has 0 N–H and O–H groups in total. The van der Waals surface area contributed by atoms with Crippen LogP contribution in [0.5, 0.6) is 5.75 Å².